The minimum atomic E-state index is -0.00694. The van der Waals surface area contributed by atoms with Crippen LogP contribution in [0.15, 0.2) is 0 Å². The second kappa shape index (κ2) is 1.96. The molecular formula is C7H13NO. The van der Waals surface area contributed by atoms with Gasteiger partial charge in [0, 0.05) is 12.6 Å². The van der Waals surface area contributed by atoms with Gasteiger partial charge in [-0.3, -0.25) is 4.90 Å². The van der Waals surface area contributed by atoms with Gasteiger partial charge < -0.3 is 5.11 Å². The summed E-state index contributed by atoms with van der Waals surface area (Å²) in [5, 5.41) is 9.36. The van der Waals surface area contributed by atoms with Crippen molar-refractivity contribution in [3.8, 4) is 0 Å². The molecule has 0 bridgehead atoms. The first kappa shape index (κ1) is 5.69. The maximum atomic E-state index is 9.36. The molecule has 2 rings (SSSR count). The van der Waals surface area contributed by atoms with Crippen LogP contribution in [0.1, 0.15) is 19.3 Å². The molecular weight excluding hydrogens is 114 g/mol. The molecule has 0 saturated carbocycles. The largest absolute Gasteiger partial charge is 0.391 e. The van der Waals surface area contributed by atoms with Crippen LogP contribution in [0.3, 0.4) is 0 Å². The van der Waals surface area contributed by atoms with E-state index in [0.717, 1.165) is 13.0 Å². The normalized spacial score (nSPS) is 43.7. The van der Waals surface area contributed by atoms with Gasteiger partial charge in [-0.25, -0.2) is 0 Å². The lowest BCUT2D eigenvalue weighted by Crippen LogP contribution is -2.28. The molecule has 1 N–H and O–H groups in total. The lowest BCUT2D eigenvalue weighted by Gasteiger charge is -2.15. The van der Waals surface area contributed by atoms with Gasteiger partial charge in [0.25, 0.3) is 0 Å². The van der Waals surface area contributed by atoms with Crippen LogP contribution < -0.4 is 0 Å². The quantitative estimate of drug-likeness (QED) is 0.503. The third-order valence-electron chi connectivity index (χ3n) is 2.57. The number of aliphatic hydroxyl groups excluding tert-OH is 1. The van der Waals surface area contributed by atoms with Crippen LogP contribution in [0, 0.1) is 0 Å². The number of fused-ring (bicyclic) bond motifs is 1. The van der Waals surface area contributed by atoms with Crippen molar-refractivity contribution >= 4 is 0 Å². The van der Waals surface area contributed by atoms with Crippen LogP contribution in [0.5, 0.6) is 0 Å². The number of nitrogens with zero attached hydrogens (tertiary/aromatic N) is 1. The average molecular weight is 127 g/mol. The van der Waals surface area contributed by atoms with E-state index in [1.165, 1.54) is 19.4 Å². The number of hydrogen-bond acceptors (Lipinski definition) is 2. The van der Waals surface area contributed by atoms with Crippen molar-refractivity contribution in [2.75, 3.05) is 13.1 Å². The summed E-state index contributed by atoms with van der Waals surface area (Å²) in [7, 11) is 0. The minimum Gasteiger partial charge on any atom is -0.391 e. The van der Waals surface area contributed by atoms with Gasteiger partial charge in [-0.2, -0.15) is 0 Å². The molecule has 2 heteroatoms. The molecule has 0 aromatic rings. The molecule has 0 aliphatic carbocycles. The van der Waals surface area contributed by atoms with E-state index in [2.05, 4.69) is 4.90 Å². The minimum absolute atomic E-state index is 0.00694. The second-order valence-corrected chi connectivity index (χ2v) is 3.10. The van der Waals surface area contributed by atoms with Crippen LogP contribution in [-0.4, -0.2) is 35.2 Å². The van der Waals surface area contributed by atoms with Crippen molar-refractivity contribution in [2.45, 2.75) is 31.4 Å². The summed E-state index contributed by atoms with van der Waals surface area (Å²) in [5.41, 5.74) is 0. The van der Waals surface area contributed by atoms with Gasteiger partial charge >= 0.3 is 0 Å². The van der Waals surface area contributed by atoms with Gasteiger partial charge in [0.2, 0.25) is 0 Å². The maximum Gasteiger partial charge on any atom is 0.0707 e. The van der Waals surface area contributed by atoms with Crippen molar-refractivity contribution in [1.82, 2.24) is 4.90 Å². The zero-order valence-electron chi connectivity index (χ0n) is 5.58. The first-order chi connectivity index (χ1) is 4.38. The first-order valence-corrected chi connectivity index (χ1v) is 3.80. The smallest absolute Gasteiger partial charge is 0.0707 e. The molecule has 2 atom stereocenters. The van der Waals surface area contributed by atoms with Crippen molar-refractivity contribution in [1.29, 1.82) is 0 Å². The van der Waals surface area contributed by atoms with Crippen LogP contribution in [0.4, 0.5) is 0 Å². The van der Waals surface area contributed by atoms with Crippen LogP contribution in [0.2, 0.25) is 0 Å². The predicted octanol–water partition coefficient (Wildman–Crippen LogP) is 0.215. The number of rotatable bonds is 0. The fraction of sp³-hybridized carbons (Fsp3) is 1.00. The van der Waals surface area contributed by atoms with Gasteiger partial charge in [-0.1, -0.05) is 0 Å². The van der Waals surface area contributed by atoms with Gasteiger partial charge in [0.15, 0.2) is 0 Å². The fourth-order valence-electron chi connectivity index (χ4n) is 2.06. The van der Waals surface area contributed by atoms with E-state index in [9.17, 15) is 5.11 Å². The molecule has 0 amide bonds. The molecule has 2 saturated heterocycles. The van der Waals surface area contributed by atoms with Crippen molar-refractivity contribution in [3.63, 3.8) is 0 Å². The molecule has 0 aromatic heterocycles. The SMILES string of the molecule is O[C@H]1CCN2CCC[C@H]12. The zero-order valence-corrected chi connectivity index (χ0v) is 5.58. The van der Waals surface area contributed by atoms with Crippen LogP contribution in [-0.2, 0) is 0 Å². The molecule has 0 spiro atoms. The Labute approximate surface area is 55.5 Å². The molecule has 0 radical (unpaired) electrons. The first-order valence-electron chi connectivity index (χ1n) is 3.80. The van der Waals surface area contributed by atoms with E-state index in [1.54, 1.807) is 0 Å². The van der Waals surface area contributed by atoms with Gasteiger partial charge in [-0.05, 0) is 25.8 Å². The summed E-state index contributed by atoms with van der Waals surface area (Å²) >= 11 is 0. The van der Waals surface area contributed by atoms with E-state index in [-0.39, 0.29) is 6.10 Å². The van der Waals surface area contributed by atoms with Crippen molar-refractivity contribution < 1.29 is 5.11 Å². The van der Waals surface area contributed by atoms with E-state index in [1.807, 2.05) is 0 Å². The summed E-state index contributed by atoms with van der Waals surface area (Å²) in [6.07, 6.45) is 3.51. The van der Waals surface area contributed by atoms with E-state index in [0.29, 0.717) is 6.04 Å². The lowest BCUT2D eigenvalue weighted by molar-refractivity contribution is 0.136. The summed E-state index contributed by atoms with van der Waals surface area (Å²) in [6, 6.07) is 0.532. The Morgan fingerprint density at radius 3 is 2.89 bits per heavy atom. The van der Waals surface area contributed by atoms with Crippen LogP contribution >= 0.6 is 0 Å². The Hall–Kier alpha value is -0.0800. The van der Waals surface area contributed by atoms with E-state index >= 15 is 0 Å². The molecule has 2 fully saturated rings. The Morgan fingerprint density at radius 1 is 1.22 bits per heavy atom. The Morgan fingerprint density at radius 2 is 2.11 bits per heavy atom. The molecule has 0 aromatic carbocycles. The van der Waals surface area contributed by atoms with E-state index < -0.39 is 0 Å². The molecule has 52 valence electrons. The third-order valence-corrected chi connectivity index (χ3v) is 2.57. The Balaban J connectivity index is 2.07. The zero-order chi connectivity index (χ0) is 6.27. The van der Waals surface area contributed by atoms with Crippen molar-refractivity contribution in [3.05, 3.63) is 0 Å². The number of aliphatic hydroxyl groups is 1. The third kappa shape index (κ3) is 0.775. The molecule has 2 heterocycles. The lowest BCUT2D eigenvalue weighted by atomic mass is 10.1. The monoisotopic (exact) mass is 127 g/mol. The van der Waals surface area contributed by atoms with Gasteiger partial charge in [0.1, 0.15) is 0 Å². The average Bonchev–Trinajstić information content (AvgIpc) is 2.35. The topological polar surface area (TPSA) is 23.5 Å². The molecule has 2 aliphatic rings. The Bertz CT molecular complexity index is 115. The van der Waals surface area contributed by atoms with Gasteiger partial charge in [-0.15, -0.1) is 0 Å². The summed E-state index contributed by atoms with van der Waals surface area (Å²) in [5.74, 6) is 0. The number of hydrogen-bond donors (Lipinski definition) is 1. The highest BCUT2D eigenvalue weighted by molar-refractivity contribution is 4.90. The van der Waals surface area contributed by atoms with Crippen LogP contribution in [0.25, 0.3) is 0 Å². The summed E-state index contributed by atoms with van der Waals surface area (Å²) < 4.78 is 0. The summed E-state index contributed by atoms with van der Waals surface area (Å²) in [6.45, 7) is 2.35. The highest BCUT2D eigenvalue weighted by Gasteiger charge is 2.35. The molecule has 0 unspecified atom stereocenters. The Kier molecular flexibility index (Phi) is 1.24. The predicted molar refractivity (Wildman–Crippen MR) is 35.2 cm³/mol. The standard InChI is InChI=1S/C7H13NO/c9-7-3-5-8-4-1-2-6(7)8/h6-7,9H,1-5H2/t6-,7+/m1/s1. The van der Waals surface area contributed by atoms with Crippen molar-refractivity contribution in [2.24, 2.45) is 0 Å². The molecule has 2 nitrogen and oxygen atoms in total. The van der Waals surface area contributed by atoms with E-state index in [4.69, 9.17) is 0 Å². The molecule has 2 aliphatic heterocycles. The summed E-state index contributed by atoms with van der Waals surface area (Å²) in [4.78, 5) is 2.41. The van der Waals surface area contributed by atoms with Gasteiger partial charge in [0.05, 0.1) is 6.10 Å². The highest BCUT2D eigenvalue weighted by atomic mass is 16.3. The molecule has 9 heavy (non-hydrogen) atoms. The fourth-order valence-corrected chi connectivity index (χ4v) is 2.06. The maximum absolute atomic E-state index is 9.36. The highest BCUT2D eigenvalue weighted by Crippen LogP contribution is 2.27. The second-order valence-electron chi connectivity index (χ2n) is 3.10.